The fraction of sp³-hybridized carbons (Fsp3) is 0.0476. The van der Waals surface area contributed by atoms with Crippen molar-refractivity contribution in [2.45, 2.75) is 0 Å². The van der Waals surface area contributed by atoms with Crippen LogP contribution >= 0.6 is 15.9 Å². The highest BCUT2D eigenvalue weighted by Crippen LogP contribution is 2.17. The third kappa shape index (κ3) is 6.14. The van der Waals surface area contributed by atoms with Crippen molar-refractivity contribution < 1.29 is 14.3 Å². The van der Waals surface area contributed by atoms with Crippen LogP contribution in [0.3, 0.4) is 0 Å². The number of anilines is 3. The first-order chi connectivity index (χ1) is 13.6. The average Bonchev–Trinajstić information content (AvgIpc) is 2.70. The van der Waals surface area contributed by atoms with Crippen LogP contribution in [0.4, 0.5) is 21.9 Å². The quantitative estimate of drug-likeness (QED) is 0.499. The van der Waals surface area contributed by atoms with Crippen molar-refractivity contribution in [1.29, 1.82) is 0 Å². The van der Waals surface area contributed by atoms with Gasteiger partial charge in [-0.2, -0.15) is 0 Å². The van der Waals surface area contributed by atoms with Crippen molar-refractivity contribution in [1.82, 2.24) is 0 Å². The van der Waals surface area contributed by atoms with Gasteiger partial charge in [-0.05, 0) is 60.7 Å². The minimum Gasteiger partial charge on any atom is -0.484 e. The molecular formula is C21H18BrN3O3. The van der Waals surface area contributed by atoms with Gasteiger partial charge < -0.3 is 20.7 Å². The summed E-state index contributed by atoms with van der Waals surface area (Å²) in [6, 6.07) is 22.9. The predicted molar refractivity (Wildman–Crippen MR) is 114 cm³/mol. The Morgan fingerprint density at radius 3 is 1.86 bits per heavy atom. The van der Waals surface area contributed by atoms with Gasteiger partial charge in [-0.3, -0.25) is 4.79 Å². The molecule has 3 N–H and O–H groups in total. The molecule has 3 amide bonds. The molecule has 0 aliphatic rings. The Kier molecular flexibility index (Phi) is 6.64. The molecule has 0 aliphatic heterocycles. The van der Waals surface area contributed by atoms with Crippen molar-refractivity contribution in [3.63, 3.8) is 0 Å². The van der Waals surface area contributed by atoms with Crippen LogP contribution in [0.2, 0.25) is 0 Å². The van der Waals surface area contributed by atoms with Crippen LogP contribution in [-0.4, -0.2) is 18.5 Å². The molecule has 0 saturated heterocycles. The lowest BCUT2D eigenvalue weighted by atomic mass is 10.2. The summed E-state index contributed by atoms with van der Waals surface area (Å²) in [6.45, 7) is -0.0961. The number of nitrogens with one attached hydrogen (secondary N) is 3. The van der Waals surface area contributed by atoms with E-state index in [0.717, 1.165) is 4.47 Å². The first-order valence-corrected chi connectivity index (χ1v) is 9.29. The number of carbonyl (C=O) groups excluding carboxylic acids is 2. The molecule has 0 radical (unpaired) electrons. The third-order valence-corrected chi connectivity index (χ3v) is 4.17. The van der Waals surface area contributed by atoms with E-state index < -0.39 is 0 Å². The molecule has 142 valence electrons. The second-order valence-corrected chi connectivity index (χ2v) is 6.73. The maximum atomic E-state index is 12.0. The SMILES string of the molecule is O=C(COc1ccc(Br)cc1)Nc1ccc(NC(=O)Nc2ccccc2)cc1. The van der Waals surface area contributed by atoms with Gasteiger partial charge in [0.25, 0.3) is 5.91 Å². The van der Waals surface area contributed by atoms with E-state index in [0.29, 0.717) is 22.8 Å². The van der Waals surface area contributed by atoms with Crippen LogP contribution in [0.25, 0.3) is 0 Å². The summed E-state index contributed by atoms with van der Waals surface area (Å²) >= 11 is 3.34. The van der Waals surface area contributed by atoms with E-state index in [-0.39, 0.29) is 18.5 Å². The average molecular weight is 440 g/mol. The third-order valence-electron chi connectivity index (χ3n) is 3.64. The van der Waals surface area contributed by atoms with Crippen LogP contribution in [0.1, 0.15) is 0 Å². The molecule has 28 heavy (non-hydrogen) atoms. The summed E-state index contributed by atoms with van der Waals surface area (Å²) in [5.74, 6) is 0.341. The number of ether oxygens (including phenoxy) is 1. The van der Waals surface area contributed by atoms with Crippen molar-refractivity contribution in [2.75, 3.05) is 22.6 Å². The largest absolute Gasteiger partial charge is 0.484 e. The highest BCUT2D eigenvalue weighted by molar-refractivity contribution is 9.10. The molecule has 0 heterocycles. The highest BCUT2D eigenvalue weighted by atomic mass is 79.9. The number of rotatable bonds is 6. The molecule has 0 aliphatic carbocycles. The van der Waals surface area contributed by atoms with E-state index in [2.05, 4.69) is 31.9 Å². The van der Waals surface area contributed by atoms with Crippen LogP contribution in [0, 0.1) is 0 Å². The second-order valence-electron chi connectivity index (χ2n) is 5.81. The number of benzene rings is 3. The predicted octanol–water partition coefficient (Wildman–Crippen LogP) is 5.11. The molecule has 0 atom stereocenters. The lowest BCUT2D eigenvalue weighted by Crippen LogP contribution is -2.20. The molecule has 3 aromatic rings. The van der Waals surface area contributed by atoms with Gasteiger partial charge in [0.2, 0.25) is 0 Å². The van der Waals surface area contributed by atoms with E-state index in [4.69, 9.17) is 4.74 Å². The van der Waals surface area contributed by atoms with E-state index in [1.165, 1.54) is 0 Å². The van der Waals surface area contributed by atoms with Crippen molar-refractivity contribution in [2.24, 2.45) is 0 Å². The van der Waals surface area contributed by atoms with E-state index >= 15 is 0 Å². The van der Waals surface area contributed by atoms with Crippen molar-refractivity contribution in [3.8, 4) is 5.75 Å². The lowest BCUT2D eigenvalue weighted by molar-refractivity contribution is -0.118. The van der Waals surface area contributed by atoms with Crippen LogP contribution in [0.15, 0.2) is 83.3 Å². The highest BCUT2D eigenvalue weighted by Gasteiger charge is 2.06. The molecule has 3 aromatic carbocycles. The Hall–Kier alpha value is -3.32. The molecule has 0 fully saturated rings. The first-order valence-electron chi connectivity index (χ1n) is 8.50. The Labute approximate surface area is 171 Å². The van der Waals surface area contributed by atoms with E-state index in [1.54, 1.807) is 48.5 Å². The smallest absolute Gasteiger partial charge is 0.323 e. The topological polar surface area (TPSA) is 79.5 Å². The maximum absolute atomic E-state index is 12.0. The van der Waals surface area contributed by atoms with Crippen molar-refractivity contribution >= 4 is 44.9 Å². The van der Waals surface area contributed by atoms with Gasteiger partial charge in [-0.15, -0.1) is 0 Å². The Bertz CT molecular complexity index is 929. The van der Waals surface area contributed by atoms with E-state index in [9.17, 15) is 9.59 Å². The zero-order valence-electron chi connectivity index (χ0n) is 14.8. The van der Waals surface area contributed by atoms with Crippen molar-refractivity contribution in [3.05, 3.63) is 83.3 Å². The van der Waals surface area contributed by atoms with Gasteiger partial charge in [0, 0.05) is 21.5 Å². The molecule has 3 rings (SSSR count). The van der Waals surface area contributed by atoms with Crippen LogP contribution < -0.4 is 20.7 Å². The molecular weight excluding hydrogens is 422 g/mol. The van der Waals surface area contributed by atoms with Gasteiger partial charge in [-0.1, -0.05) is 34.1 Å². The number of hydrogen-bond donors (Lipinski definition) is 3. The number of halogens is 1. The molecule has 0 unspecified atom stereocenters. The maximum Gasteiger partial charge on any atom is 0.323 e. The normalized spacial score (nSPS) is 10.0. The number of carbonyl (C=O) groups is 2. The molecule has 0 aromatic heterocycles. The number of urea groups is 1. The molecule has 7 heteroatoms. The standard InChI is InChI=1S/C21H18BrN3O3/c22-15-6-12-19(13-7-15)28-14-20(26)23-17-8-10-18(11-9-17)25-21(27)24-16-4-2-1-3-5-16/h1-13H,14H2,(H,23,26)(H2,24,25,27). The van der Waals surface area contributed by atoms with Gasteiger partial charge >= 0.3 is 6.03 Å². The van der Waals surface area contributed by atoms with Gasteiger partial charge in [0.05, 0.1) is 0 Å². The fourth-order valence-corrected chi connectivity index (χ4v) is 2.59. The van der Waals surface area contributed by atoms with Crippen LogP contribution in [0.5, 0.6) is 5.75 Å². The fourth-order valence-electron chi connectivity index (χ4n) is 2.33. The zero-order chi connectivity index (χ0) is 19.8. The molecule has 0 spiro atoms. The minimum absolute atomic E-state index is 0.0961. The summed E-state index contributed by atoms with van der Waals surface area (Å²) in [7, 11) is 0. The number of hydrogen-bond acceptors (Lipinski definition) is 3. The summed E-state index contributed by atoms with van der Waals surface area (Å²) in [5.41, 5.74) is 1.92. The van der Waals surface area contributed by atoms with Gasteiger partial charge in [0.15, 0.2) is 6.61 Å². The second kappa shape index (κ2) is 9.57. The Balaban J connectivity index is 1.46. The summed E-state index contributed by atoms with van der Waals surface area (Å²) < 4.78 is 6.37. The summed E-state index contributed by atoms with van der Waals surface area (Å²) in [4.78, 5) is 24.0. The Morgan fingerprint density at radius 1 is 0.714 bits per heavy atom. The lowest BCUT2D eigenvalue weighted by Gasteiger charge is -2.10. The molecule has 0 saturated carbocycles. The molecule has 0 bridgehead atoms. The van der Waals surface area contributed by atoms with E-state index in [1.807, 2.05) is 30.3 Å². The first kappa shape index (κ1) is 19.4. The molecule has 6 nitrogen and oxygen atoms in total. The minimum atomic E-state index is -0.342. The number of amides is 3. The number of para-hydroxylation sites is 1. The zero-order valence-corrected chi connectivity index (χ0v) is 16.4. The summed E-state index contributed by atoms with van der Waals surface area (Å²) in [5, 5.41) is 8.21. The van der Waals surface area contributed by atoms with Gasteiger partial charge in [0.1, 0.15) is 5.75 Å². The monoisotopic (exact) mass is 439 g/mol. The Morgan fingerprint density at radius 2 is 1.25 bits per heavy atom. The van der Waals surface area contributed by atoms with Gasteiger partial charge in [-0.25, -0.2) is 4.79 Å². The van der Waals surface area contributed by atoms with Crippen LogP contribution in [-0.2, 0) is 4.79 Å². The summed E-state index contributed by atoms with van der Waals surface area (Å²) in [6.07, 6.45) is 0.